The highest BCUT2D eigenvalue weighted by Crippen LogP contribution is 2.15. The van der Waals surface area contributed by atoms with Crippen molar-refractivity contribution in [1.29, 1.82) is 0 Å². The van der Waals surface area contributed by atoms with Crippen molar-refractivity contribution >= 4 is 0 Å². The Labute approximate surface area is 94.2 Å². The largest absolute Gasteiger partial charge is 0.572 e. The normalized spacial score (nSPS) is 8.28. The van der Waals surface area contributed by atoms with Gasteiger partial charge in [-0.05, 0) is 6.58 Å². The summed E-state index contributed by atoms with van der Waals surface area (Å²) in [4.78, 5) is 0. The van der Waals surface area contributed by atoms with E-state index in [2.05, 4.69) is 17.9 Å². The van der Waals surface area contributed by atoms with E-state index in [-0.39, 0.29) is 4.70 Å². The highest BCUT2D eigenvalue weighted by atomic mass is 19.4. The molecule has 0 unspecified atom stereocenters. The van der Waals surface area contributed by atoms with Crippen LogP contribution < -0.4 is 0 Å². The lowest BCUT2D eigenvalue weighted by Crippen LogP contribution is -2.07. The van der Waals surface area contributed by atoms with Crippen LogP contribution in [0.4, 0.5) is 44.2 Å². The van der Waals surface area contributed by atoms with Gasteiger partial charge in [0.05, 0.1) is 6.26 Å². The minimum absolute atomic E-state index is 0. The van der Waals surface area contributed by atoms with E-state index in [1.54, 1.807) is 0 Å². The van der Waals surface area contributed by atoms with Gasteiger partial charge in [-0.15, -0.1) is 13.2 Å². The summed E-state index contributed by atoms with van der Waals surface area (Å²) in [6.45, 7) is 4.93. The zero-order chi connectivity index (χ0) is 14.6. The number of alkyl halides is 3. The van der Waals surface area contributed by atoms with Crippen molar-refractivity contribution in [3.63, 3.8) is 0 Å². The Bertz CT molecular complexity index is 233. The molecule has 110 valence electrons. The van der Waals surface area contributed by atoms with E-state index in [1.807, 2.05) is 0 Å². The van der Waals surface area contributed by atoms with E-state index in [0.717, 1.165) is 0 Å². The van der Waals surface area contributed by atoms with Gasteiger partial charge in [0.15, 0.2) is 0 Å². The summed E-state index contributed by atoms with van der Waals surface area (Å²) >= 11 is 0. The second-order valence-electron chi connectivity index (χ2n) is 1.59. The zero-order valence-corrected chi connectivity index (χ0v) is 8.21. The van der Waals surface area contributed by atoms with Gasteiger partial charge >= 0.3 is 18.5 Å². The molecule has 0 heterocycles. The Kier molecular flexibility index (Phi) is 18.8. The van der Waals surface area contributed by atoms with Crippen molar-refractivity contribution in [1.82, 2.24) is 0 Å². The fourth-order valence-corrected chi connectivity index (χ4v) is 0.0945. The van der Waals surface area contributed by atoms with Crippen molar-refractivity contribution in [2.24, 2.45) is 0 Å². The van der Waals surface area contributed by atoms with Gasteiger partial charge in [-0.25, -0.2) is 0 Å². The molecule has 0 bridgehead atoms. The van der Waals surface area contributed by atoms with Crippen molar-refractivity contribution < 1.29 is 49.0 Å². The first-order chi connectivity index (χ1) is 7.44. The van der Waals surface area contributed by atoms with Crippen LogP contribution in [-0.2, 0) is 4.74 Å². The second-order valence-corrected chi connectivity index (χ2v) is 1.59. The quantitative estimate of drug-likeness (QED) is 0.477. The van der Waals surface area contributed by atoms with E-state index in [4.69, 9.17) is 0 Å². The highest BCUT2D eigenvalue weighted by molar-refractivity contribution is 4.77. The lowest BCUT2D eigenvalue weighted by molar-refractivity contribution is -0.297. The van der Waals surface area contributed by atoms with Gasteiger partial charge in [0.2, 0.25) is 0 Å². The first-order valence-electron chi connectivity index (χ1n) is 3.15. The third-order valence-electron chi connectivity index (χ3n) is 0.360. The molecule has 0 rings (SSSR count). The summed E-state index contributed by atoms with van der Waals surface area (Å²) in [5, 5.41) is 0. The van der Waals surface area contributed by atoms with Crippen molar-refractivity contribution in [2.45, 2.75) is 6.36 Å². The Morgan fingerprint density at radius 1 is 0.889 bits per heavy atom. The Morgan fingerprint density at radius 3 is 1.11 bits per heavy atom. The van der Waals surface area contributed by atoms with Crippen LogP contribution in [0.1, 0.15) is 0 Å². The molecule has 0 aliphatic rings. The van der Waals surface area contributed by atoms with Crippen LogP contribution in [-0.4, -0.2) is 6.36 Å². The summed E-state index contributed by atoms with van der Waals surface area (Å²) in [7, 11) is 0. The minimum Gasteiger partial charge on any atom is -0.414 e. The molecule has 0 atom stereocenters. The fourth-order valence-electron chi connectivity index (χ4n) is 0.0945. The van der Waals surface area contributed by atoms with E-state index >= 15 is 0 Å². The van der Waals surface area contributed by atoms with Crippen LogP contribution in [0.25, 0.3) is 0 Å². The van der Waals surface area contributed by atoms with Gasteiger partial charge in [0.1, 0.15) is 0 Å². The maximum atomic E-state index is 10.8. The van der Waals surface area contributed by atoms with Crippen LogP contribution in [0.3, 0.4) is 0 Å². The van der Waals surface area contributed by atoms with Gasteiger partial charge in [0.25, 0.3) is 6.08 Å². The third-order valence-corrected chi connectivity index (χ3v) is 0.360. The number of halogens is 10. The SMILES string of the molecule is C=C(F)F.C=COC(F)(F)F.F.FC(F)=C(F)F. The van der Waals surface area contributed by atoms with Crippen LogP contribution in [0.15, 0.2) is 37.7 Å². The molecule has 18 heavy (non-hydrogen) atoms. The van der Waals surface area contributed by atoms with Crippen molar-refractivity contribution in [3.8, 4) is 0 Å². The molecule has 0 amide bonds. The average Bonchev–Trinajstić information content (AvgIpc) is 2.00. The zero-order valence-electron chi connectivity index (χ0n) is 8.21. The van der Waals surface area contributed by atoms with Gasteiger partial charge in [-0.2, -0.15) is 26.3 Å². The van der Waals surface area contributed by atoms with Crippen LogP contribution in [0, 0.1) is 0 Å². The van der Waals surface area contributed by atoms with Crippen LogP contribution >= 0.6 is 0 Å². The van der Waals surface area contributed by atoms with Gasteiger partial charge in [0, 0.05) is 0 Å². The van der Waals surface area contributed by atoms with Crippen LogP contribution in [0.2, 0.25) is 0 Å². The molecule has 1 nitrogen and oxygen atoms in total. The number of hydrogen-bond donors (Lipinski definition) is 0. The molecule has 0 aromatic carbocycles. The lowest BCUT2D eigenvalue weighted by atomic mass is 11.1. The molecular weight excluding hydrogens is 290 g/mol. The summed E-state index contributed by atoms with van der Waals surface area (Å²) < 4.78 is 96.7. The average molecular weight is 296 g/mol. The second kappa shape index (κ2) is 13.4. The maximum Gasteiger partial charge on any atom is 0.572 e. The van der Waals surface area contributed by atoms with Gasteiger partial charge in [-0.3, -0.25) is 4.70 Å². The number of hydrogen-bond acceptors (Lipinski definition) is 1. The molecule has 0 saturated heterocycles. The third kappa shape index (κ3) is 63.6. The molecule has 0 aliphatic heterocycles. The topological polar surface area (TPSA) is 9.23 Å². The molecule has 0 fully saturated rings. The molecular formula is C7H6F10O. The maximum absolute atomic E-state index is 10.8. The van der Waals surface area contributed by atoms with E-state index in [9.17, 15) is 39.5 Å². The molecule has 0 saturated carbocycles. The summed E-state index contributed by atoms with van der Waals surface area (Å²) in [6, 6.07) is 0. The van der Waals surface area contributed by atoms with E-state index < -0.39 is 24.6 Å². The molecule has 0 aromatic heterocycles. The number of rotatable bonds is 1. The Morgan fingerprint density at radius 2 is 1.11 bits per heavy atom. The van der Waals surface area contributed by atoms with Crippen LogP contribution in [0.5, 0.6) is 0 Å². The molecule has 0 aliphatic carbocycles. The monoisotopic (exact) mass is 296 g/mol. The predicted molar refractivity (Wildman–Crippen MR) is 42.7 cm³/mol. The first-order valence-corrected chi connectivity index (χ1v) is 3.15. The van der Waals surface area contributed by atoms with E-state index in [1.165, 1.54) is 0 Å². The molecule has 0 radical (unpaired) electrons. The standard InChI is InChI=1S/C3H3F3O.C2F4.C2H2F2.FH/c1-2-7-3(4,5)6;3-1(4)2(5)6;1-2(3)4;/h2H,1H2;;1H2;1H. The summed E-state index contributed by atoms with van der Waals surface area (Å²) in [5.74, 6) is 0. The number of ether oxygens (including phenoxy) is 1. The Hall–Kier alpha value is -1.68. The highest BCUT2D eigenvalue weighted by Gasteiger charge is 2.28. The van der Waals surface area contributed by atoms with Crippen molar-refractivity contribution in [2.75, 3.05) is 0 Å². The molecule has 0 spiro atoms. The summed E-state index contributed by atoms with van der Waals surface area (Å²) in [5.41, 5.74) is 0. The van der Waals surface area contributed by atoms with E-state index in [0.29, 0.717) is 6.26 Å². The molecule has 0 aromatic rings. The molecule has 11 heteroatoms. The smallest absolute Gasteiger partial charge is 0.414 e. The molecule has 0 N–H and O–H groups in total. The fraction of sp³-hybridized carbons (Fsp3) is 0.143. The predicted octanol–water partition coefficient (Wildman–Crippen LogP) is 5.21. The van der Waals surface area contributed by atoms with Crippen molar-refractivity contribution in [3.05, 3.63) is 37.7 Å². The Balaban J connectivity index is -0.0000000823. The van der Waals surface area contributed by atoms with Gasteiger partial charge in [-0.1, -0.05) is 6.58 Å². The minimum atomic E-state index is -4.57. The first kappa shape index (κ1) is 25.2. The lowest BCUT2D eigenvalue weighted by Gasteiger charge is -2.00. The van der Waals surface area contributed by atoms with Gasteiger partial charge < -0.3 is 4.74 Å². The summed E-state index contributed by atoms with van der Waals surface area (Å²) in [6.07, 6.45) is -11.9.